The summed E-state index contributed by atoms with van der Waals surface area (Å²) in [7, 11) is 0. The van der Waals surface area contributed by atoms with Gasteiger partial charge in [-0.3, -0.25) is 4.79 Å². The van der Waals surface area contributed by atoms with E-state index >= 15 is 0 Å². The minimum absolute atomic E-state index is 0.0176. The maximum atomic E-state index is 13.5. The van der Waals surface area contributed by atoms with E-state index in [1.807, 2.05) is 0 Å². The third kappa shape index (κ3) is 3.39. The summed E-state index contributed by atoms with van der Waals surface area (Å²) in [5, 5.41) is 0.274. The Kier molecular flexibility index (Phi) is 4.32. The van der Waals surface area contributed by atoms with E-state index in [1.165, 1.54) is 0 Å². The lowest BCUT2D eigenvalue weighted by Gasteiger charge is -2.05. The molecule has 0 heterocycles. The van der Waals surface area contributed by atoms with Crippen LogP contribution in [0.4, 0.5) is 8.78 Å². The van der Waals surface area contributed by atoms with Crippen LogP contribution in [0, 0.1) is 11.6 Å². The van der Waals surface area contributed by atoms with Gasteiger partial charge in [-0.15, -0.1) is 0 Å². The highest BCUT2D eigenvalue weighted by Crippen LogP contribution is 2.23. The van der Waals surface area contributed by atoms with Crippen LogP contribution in [0.1, 0.15) is 15.9 Å². The summed E-state index contributed by atoms with van der Waals surface area (Å²) < 4.78 is 27.2. The lowest BCUT2D eigenvalue weighted by Crippen LogP contribution is -2.06. The van der Waals surface area contributed by atoms with E-state index in [0.717, 1.165) is 22.7 Å². The van der Waals surface area contributed by atoms with E-state index in [2.05, 4.69) is 15.9 Å². The van der Waals surface area contributed by atoms with Gasteiger partial charge in [-0.25, -0.2) is 8.78 Å². The van der Waals surface area contributed by atoms with Crippen LogP contribution in [0.3, 0.4) is 0 Å². The predicted molar refractivity (Wildman–Crippen MR) is 73.5 cm³/mol. The Morgan fingerprint density at radius 3 is 2.58 bits per heavy atom. The summed E-state index contributed by atoms with van der Waals surface area (Å²) in [6.45, 7) is 0. The number of hydrogen-bond donors (Lipinski definition) is 0. The fourth-order valence-electron chi connectivity index (χ4n) is 1.66. The number of carbonyl (C=O) groups excluding carboxylic acids is 1. The molecule has 98 valence electrons. The molecule has 0 spiro atoms. The molecule has 0 radical (unpaired) electrons. The van der Waals surface area contributed by atoms with Crippen LogP contribution in [0.5, 0.6) is 0 Å². The van der Waals surface area contributed by atoms with Crippen LogP contribution in [-0.4, -0.2) is 5.78 Å². The van der Waals surface area contributed by atoms with Crippen molar-refractivity contribution in [3.8, 4) is 0 Å². The number of rotatable bonds is 3. The van der Waals surface area contributed by atoms with E-state index in [0.29, 0.717) is 0 Å². The molecule has 0 aliphatic heterocycles. The molecule has 0 aromatic heterocycles. The number of ketones is 1. The van der Waals surface area contributed by atoms with Gasteiger partial charge in [0, 0.05) is 16.5 Å². The van der Waals surface area contributed by atoms with Crippen LogP contribution in [0.2, 0.25) is 5.02 Å². The number of carbonyl (C=O) groups is 1. The van der Waals surface area contributed by atoms with Crippen molar-refractivity contribution in [2.75, 3.05) is 0 Å². The third-order valence-corrected chi connectivity index (χ3v) is 3.40. The second-order valence-corrected chi connectivity index (χ2v) is 5.28. The molecular formula is C14H8BrClF2O. The molecule has 1 nitrogen and oxygen atoms in total. The van der Waals surface area contributed by atoms with Gasteiger partial charge in [0.15, 0.2) is 5.78 Å². The Labute approximate surface area is 122 Å². The average molecular weight is 346 g/mol. The Hall–Kier alpha value is -1.26. The standard InChI is InChI=1S/C14H8BrClF2O/c15-9-1-3-11(12(16)7-9)14(19)6-8-5-10(17)2-4-13(8)18/h1-5,7H,6H2. The van der Waals surface area contributed by atoms with Crippen molar-refractivity contribution in [3.05, 3.63) is 68.7 Å². The van der Waals surface area contributed by atoms with Crippen molar-refractivity contribution >= 4 is 33.3 Å². The van der Waals surface area contributed by atoms with E-state index in [1.54, 1.807) is 18.2 Å². The van der Waals surface area contributed by atoms with E-state index < -0.39 is 11.6 Å². The largest absolute Gasteiger partial charge is 0.294 e. The fraction of sp³-hybridized carbons (Fsp3) is 0.0714. The lowest BCUT2D eigenvalue weighted by molar-refractivity contribution is 0.0992. The van der Waals surface area contributed by atoms with Crippen LogP contribution >= 0.6 is 27.5 Å². The normalized spacial score (nSPS) is 10.5. The summed E-state index contributed by atoms with van der Waals surface area (Å²) in [5.74, 6) is -1.55. The van der Waals surface area contributed by atoms with E-state index in [4.69, 9.17) is 11.6 Å². The zero-order valence-corrected chi connectivity index (χ0v) is 11.9. The van der Waals surface area contributed by atoms with Gasteiger partial charge in [0.25, 0.3) is 0 Å². The highest BCUT2D eigenvalue weighted by molar-refractivity contribution is 9.10. The molecule has 5 heteroatoms. The highest BCUT2D eigenvalue weighted by atomic mass is 79.9. The first-order chi connectivity index (χ1) is 8.97. The smallest absolute Gasteiger partial charge is 0.168 e. The Morgan fingerprint density at radius 2 is 1.89 bits per heavy atom. The monoisotopic (exact) mass is 344 g/mol. The van der Waals surface area contributed by atoms with Gasteiger partial charge in [-0.2, -0.15) is 0 Å². The second-order valence-electron chi connectivity index (χ2n) is 3.96. The molecular weight excluding hydrogens is 338 g/mol. The summed E-state index contributed by atoms with van der Waals surface area (Å²) >= 11 is 9.17. The van der Waals surface area contributed by atoms with Crippen LogP contribution in [0.25, 0.3) is 0 Å². The van der Waals surface area contributed by atoms with Crippen molar-refractivity contribution in [1.29, 1.82) is 0 Å². The summed E-state index contributed by atoms with van der Waals surface area (Å²) in [5.41, 5.74) is 0.303. The number of Topliss-reactive ketones (excluding diaryl/α,β-unsaturated/α-hetero) is 1. The summed E-state index contributed by atoms with van der Waals surface area (Å²) in [6, 6.07) is 7.82. The molecule has 0 bridgehead atoms. The van der Waals surface area contributed by atoms with E-state index in [-0.39, 0.29) is 28.4 Å². The molecule has 0 aliphatic rings. The van der Waals surface area contributed by atoms with Gasteiger partial charge in [-0.1, -0.05) is 27.5 Å². The molecule has 0 unspecified atom stereocenters. The Balaban J connectivity index is 2.28. The number of benzene rings is 2. The second kappa shape index (κ2) is 5.80. The molecule has 0 amide bonds. The number of hydrogen-bond acceptors (Lipinski definition) is 1. The molecule has 0 atom stereocenters. The SMILES string of the molecule is O=C(Cc1cc(F)ccc1F)c1ccc(Br)cc1Cl. The van der Waals surface area contributed by atoms with Gasteiger partial charge in [0.2, 0.25) is 0 Å². The Bertz CT molecular complexity index is 643. The molecule has 0 fully saturated rings. The topological polar surface area (TPSA) is 17.1 Å². The van der Waals surface area contributed by atoms with Crippen molar-refractivity contribution in [1.82, 2.24) is 0 Å². The molecule has 0 saturated heterocycles. The van der Waals surface area contributed by atoms with Crippen molar-refractivity contribution in [3.63, 3.8) is 0 Å². The quantitative estimate of drug-likeness (QED) is 0.730. The first kappa shape index (κ1) is 14.2. The average Bonchev–Trinajstić information content (AvgIpc) is 2.33. The highest BCUT2D eigenvalue weighted by Gasteiger charge is 2.14. The third-order valence-electron chi connectivity index (χ3n) is 2.59. The summed E-state index contributed by atoms with van der Waals surface area (Å²) in [6.07, 6.45) is -0.231. The molecule has 2 aromatic rings. The van der Waals surface area contributed by atoms with Gasteiger partial charge < -0.3 is 0 Å². The molecule has 0 saturated carbocycles. The maximum absolute atomic E-state index is 13.5. The zero-order valence-electron chi connectivity index (χ0n) is 9.59. The van der Waals surface area contributed by atoms with Gasteiger partial charge >= 0.3 is 0 Å². The van der Waals surface area contributed by atoms with Crippen LogP contribution < -0.4 is 0 Å². The molecule has 0 N–H and O–H groups in total. The minimum Gasteiger partial charge on any atom is -0.294 e. The molecule has 19 heavy (non-hydrogen) atoms. The predicted octanol–water partition coefficient (Wildman–Crippen LogP) is 4.81. The van der Waals surface area contributed by atoms with Crippen LogP contribution in [0.15, 0.2) is 40.9 Å². The van der Waals surface area contributed by atoms with Gasteiger partial charge in [0.05, 0.1) is 5.02 Å². The molecule has 2 aromatic carbocycles. The Morgan fingerprint density at radius 1 is 1.16 bits per heavy atom. The van der Waals surface area contributed by atoms with Crippen molar-refractivity contribution < 1.29 is 13.6 Å². The molecule has 2 rings (SSSR count). The molecule has 0 aliphatic carbocycles. The first-order valence-electron chi connectivity index (χ1n) is 5.39. The minimum atomic E-state index is -0.608. The maximum Gasteiger partial charge on any atom is 0.168 e. The van der Waals surface area contributed by atoms with E-state index in [9.17, 15) is 13.6 Å². The number of halogens is 4. The van der Waals surface area contributed by atoms with Crippen molar-refractivity contribution in [2.24, 2.45) is 0 Å². The van der Waals surface area contributed by atoms with Gasteiger partial charge in [0.1, 0.15) is 11.6 Å². The summed E-state index contributed by atoms with van der Waals surface area (Å²) in [4.78, 5) is 12.0. The van der Waals surface area contributed by atoms with Gasteiger partial charge in [-0.05, 0) is 42.0 Å². The zero-order chi connectivity index (χ0) is 14.0. The van der Waals surface area contributed by atoms with Crippen LogP contribution in [-0.2, 0) is 6.42 Å². The lowest BCUT2D eigenvalue weighted by atomic mass is 10.0. The van der Waals surface area contributed by atoms with Crippen molar-refractivity contribution in [2.45, 2.75) is 6.42 Å². The first-order valence-corrected chi connectivity index (χ1v) is 6.56. The fourth-order valence-corrected chi connectivity index (χ4v) is 2.44.